The van der Waals surface area contributed by atoms with Crippen LogP contribution in [0.2, 0.25) is 0 Å². The van der Waals surface area contributed by atoms with Crippen LogP contribution in [0.3, 0.4) is 0 Å². The van der Waals surface area contributed by atoms with Crippen molar-refractivity contribution in [2.24, 2.45) is 0 Å². The average molecular weight is 421 g/mol. The third kappa shape index (κ3) is 5.47. The van der Waals surface area contributed by atoms with Gasteiger partial charge in [0.25, 0.3) is 0 Å². The van der Waals surface area contributed by atoms with Crippen LogP contribution < -0.4 is 5.32 Å². The normalized spacial score (nSPS) is 17.2. The van der Waals surface area contributed by atoms with Gasteiger partial charge in [-0.1, -0.05) is 30.3 Å². The number of hydrogen-bond donors (Lipinski definition) is 1. The fourth-order valence-electron chi connectivity index (χ4n) is 3.31. The number of piperazine rings is 1. The first-order valence-electron chi connectivity index (χ1n) is 9.30. The van der Waals surface area contributed by atoms with E-state index in [0.717, 1.165) is 17.7 Å². The lowest BCUT2D eigenvalue weighted by atomic mass is 10.1. The Bertz CT molecular complexity index is 856. The molecule has 29 heavy (non-hydrogen) atoms. The average Bonchev–Trinajstić information content (AvgIpc) is 2.68. The third-order valence-electron chi connectivity index (χ3n) is 4.90. The second-order valence-electron chi connectivity index (χ2n) is 7.05. The summed E-state index contributed by atoms with van der Waals surface area (Å²) in [5.74, 6) is 0.0734. The Morgan fingerprint density at radius 1 is 1.10 bits per heavy atom. The van der Waals surface area contributed by atoms with Crippen molar-refractivity contribution in [3.63, 3.8) is 0 Å². The quantitative estimate of drug-likeness (QED) is 0.755. The van der Waals surface area contributed by atoms with E-state index in [2.05, 4.69) is 5.32 Å². The van der Waals surface area contributed by atoms with Gasteiger partial charge in [0.15, 0.2) is 5.11 Å². The molecule has 0 radical (unpaired) electrons. The van der Waals surface area contributed by atoms with Gasteiger partial charge in [-0.05, 0) is 49.0 Å². The molecular weight excluding hydrogens is 399 g/mol. The van der Waals surface area contributed by atoms with Crippen LogP contribution in [0.5, 0.6) is 0 Å². The standard InChI is InChI=1S/C21H22F3N3OS/c1-15-14-26(19(28)13-16-5-3-2-4-6-16)11-12-27(15)20(29)25-18-9-7-17(8-10-18)21(22,23)24/h2-10,15H,11-14H2,1H3,(H,25,29). The number of thiocarbonyl (C=S) groups is 1. The summed E-state index contributed by atoms with van der Waals surface area (Å²) >= 11 is 5.44. The molecule has 2 aromatic carbocycles. The minimum atomic E-state index is -4.36. The minimum absolute atomic E-state index is 0.00192. The van der Waals surface area contributed by atoms with Crippen molar-refractivity contribution in [2.45, 2.75) is 25.6 Å². The zero-order valence-corrected chi connectivity index (χ0v) is 16.8. The molecule has 1 amide bonds. The number of carbonyl (C=O) groups is 1. The van der Waals surface area contributed by atoms with E-state index >= 15 is 0 Å². The molecule has 154 valence electrons. The van der Waals surface area contributed by atoms with E-state index in [1.807, 2.05) is 47.1 Å². The summed E-state index contributed by atoms with van der Waals surface area (Å²) in [5.41, 5.74) is 0.776. The van der Waals surface area contributed by atoms with Gasteiger partial charge in [-0.3, -0.25) is 4.79 Å². The molecule has 4 nitrogen and oxygen atoms in total. The summed E-state index contributed by atoms with van der Waals surface area (Å²) in [5, 5.41) is 3.43. The van der Waals surface area contributed by atoms with E-state index in [4.69, 9.17) is 12.2 Å². The lowest BCUT2D eigenvalue weighted by molar-refractivity contribution is -0.137. The Balaban J connectivity index is 1.55. The molecule has 1 atom stereocenters. The minimum Gasteiger partial charge on any atom is -0.343 e. The number of hydrogen-bond acceptors (Lipinski definition) is 2. The van der Waals surface area contributed by atoms with Crippen LogP contribution in [0.4, 0.5) is 18.9 Å². The van der Waals surface area contributed by atoms with Gasteiger partial charge in [0.05, 0.1) is 12.0 Å². The number of rotatable bonds is 3. The zero-order chi connectivity index (χ0) is 21.0. The van der Waals surface area contributed by atoms with Crippen LogP contribution in [-0.4, -0.2) is 46.5 Å². The molecule has 1 unspecified atom stereocenters. The van der Waals surface area contributed by atoms with Crippen LogP contribution in [0.25, 0.3) is 0 Å². The van der Waals surface area contributed by atoms with Gasteiger partial charge in [0.1, 0.15) is 0 Å². The van der Waals surface area contributed by atoms with Gasteiger partial charge < -0.3 is 15.1 Å². The smallest absolute Gasteiger partial charge is 0.343 e. The molecule has 3 rings (SSSR count). The van der Waals surface area contributed by atoms with Crippen molar-refractivity contribution in [2.75, 3.05) is 25.0 Å². The first-order valence-corrected chi connectivity index (χ1v) is 9.71. The lowest BCUT2D eigenvalue weighted by Crippen LogP contribution is -2.56. The maximum absolute atomic E-state index is 12.7. The van der Waals surface area contributed by atoms with E-state index in [0.29, 0.717) is 36.9 Å². The highest BCUT2D eigenvalue weighted by atomic mass is 32.1. The molecule has 1 aliphatic rings. The predicted octanol–water partition coefficient (Wildman–Crippen LogP) is 4.18. The molecule has 1 heterocycles. The maximum atomic E-state index is 12.7. The summed E-state index contributed by atoms with van der Waals surface area (Å²) in [6, 6.07) is 14.4. The van der Waals surface area contributed by atoms with Gasteiger partial charge in [0, 0.05) is 31.4 Å². The second-order valence-corrected chi connectivity index (χ2v) is 7.44. The number of halogens is 3. The van der Waals surface area contributed by atoms with E-state index in [-0.39, 0.29) is 11.9 Å². The summed E-state index contributed by atoms with van der Waals surface area (Å²) < 4.78 is 38.0. The predicted molar refractivity (Wildman–Crippen MR) is 111 cm³/mol. The molecule has 1 N–H and O–H groups in total. The van der Waals surface area contributed by atoms with Crippen molar-refractivity contribution in [1.82, 2.24) is 9.80 Å². The molecule has 0 aliphatic carbocycles. The van der Waals surface area contributed by atoms with Gasteiger partial charge in [-0.15, -0.1) is 0 Å². The van der Waals surface area contributed by atoms with Gasteiger partial charge >= 0.3 is 6.18 Å². The van der Waals surface area contributed by atoms with Crippen LogP contribution in [0.15, 0.2) is 54.6 Å². The number of amides is 1. The summed E-state index contributed by atoms with van der Waals surface area (Å²) in [6.45, 7) is 3.63. The lowest BCUT2D eigenvalue weighted by Gasteiger charge is -2.41. The van der Waals surface area contributed by atoms with Gasteiger partial charge in [-0.2, -0.15) is 13.2 Å². The number of anilines is 1. The molecule has 1 aliphatic heterocycles. The van der Waals surface area contributed by atoms with Gasteiger partial charge in [-0.25, -0.2) is 0 Å². The van der Waals surface area contributed by atoms with Crippen molar-refractivity contribution >= 4 is 28.9 Å². The van der Waals surface area contributed by atoms with Gasteiger partial charge in [0.2, 0.25) is 5.91 Å². The molecule has 1 fully saturated rings. The monoisotopic (exact) mass is 421 g/mol. The van der Waals surface area contributed by atoms with Crippen LogP contribution in [0, 0.1) is 0 Å². The third-order valence-corrected chi connectivity index (χ3v) is 5.24. The molecule has 8 heteroatoms. The van der Waals surface area contributed by atoms with E-state index in [1.165, 1.54) is 12.1 Å². The second kappa shape index (κ2) is 8.82. The van der Waals surface area contributed by atoms with E-state index < -0.39 is 11.7 Å². The highest BCUT2D eigenvalue weighted by Crippen LogP contribution is 2.30. The first kappa shape index (κ1) is 21.1. The summed E-state index contributed by atoms with van der Waals surface area (Å²) in [6.07, 6.45) is -4.00. The Hall–Kier alpha value is -2.61. The maximum Gasteiger partial charge on any atom is 0.416 e. The zero-order valence-electron chi connectivity index (χ0n) is 15.9. The van der Waals surface area contributed by atoms with Crippen molar-refractivity contribution in [3.05, 3.63) is 65.7 Å². The molecule has 0 saturated carbocycles. The van der Waals surface area contributed by atoms with E-state index in [1.54, 1.807) is 0 Å². The summed E-state index contributed by atoms with van der Waals surface area (Å²) in [7, 11) is 0. The van der Waals surface area contributed by atoms with Crippen molar-refractivity contribution in [1.29, 1.82) is 0 Å². The SMILES string of the molecule is CC1CN(C(=O)Cc2ccccc2)CCN1C(=S)Nc1ccc(C(F)(F)F)cc1. The molecule has 1 saturated heterocycles. The Labute approximate surface area is 173 Å². The molecule has 0 spiro atoms. The van der Waals surface area contributed by atoms with Crippen molar-refractivity contribution in [3.8, 4) is 0 Å². The first-order chi connectivity index (χ1) is 13.7. The molecule has 0 aromatic heterocycles. The van der Waals surface area contributed by atoms with Crippen molar-refractivity contribution < 1.29 is 18.0 Å². The number of benzene rings is 2. The number of nitrogens with one attached hydrogen (secondary N) is 1. The Morgan fingerprint density at radius 2 is 1.76 bits per heavy atom. The van der Waals surface area contributed by atoms with Crippen LogP contribution in [-0.2, 0) is 17.4 Å². The van der Waals surface area contributed by atoms with Crippen LogP contribution in [0.1, 0.15) is 18.1 Å². The topological polar surface area (TPSA) is 35.6 Å². The largest absolute Gasteiger partial charge is 0.416 e. The summed E-state index contributed by atoms with van der Waals surface area (Å²) in [4.78, 5) is 16.3. The Morgan fingerprint density at radius 3 is 2.34 bits per heavy atom. The fourth-order valence-corrected chi connectivity index (χ4v) is 3.70. The van der Waals surface area contributed by atoms with Crippen LogP contribution >= 0.6 is 12.2 Å². The fraction of sp³-hybridized carbons (Fsp3) is 0.333. The van der Waals surface area contributed by atoms with E-state index in [9.17, 15) is 18.0 Å². The Kier molecular flexibility index (Phi) is 6.42. The molecule has 0 bridgehead atoms. The number of alkyl halides is 3. The number of carbonyl (C=O) groups excluding carboxylic acids is 1. The molecular formula is C21H22F3N3OS. The highest BCUT2D eigenvalue weighted by Gasteiger charge is 2.30. The number of nitrogens with zero attached hydrogens (tertiary/aromatic N) is 2. The molecule has 2 aromatic rings. The highest BCUT2D eigenvalue weighted by molar-refractivity contribution is 7.80.